The Kier molecular flexibility index (Phi) is 61.1. The number of hydrogen-bond donors (Lipinski definition) is 0. The van der Waals surface area contributed by atoms with E-state index >= 15 is 0 Å². The molecule has 130 heavy (non-hydrogen) atoms. The first-order valence-corrected chi connectivity index (χ1v) is 55.3. The number of benzene rings is 11. The standard InChI is InChI=1S/C22H21O2P.C21H22P.C16H21FO3.C12H15FO2.C11H15FO.C11H13FO.C8H7FO2.C2H4Cl2O.BrH.4ClH.Ti/c1-2-24-22(23)18-25(19-12-6-3-7-13-19,20-14-8-4-9-15-20)21-16-10-5-11-17-21;1-2-18-22(19-12-6-3-7-13-19,20-14-8-4-9-15-20)21-16-10-5-11-17-21;1-4-6-7-13-12(9-11-15(18)20-5-2)8-10-14(19-3)16(13)17;1-3-4-5-10-9(8-14)6-7-11(15-2)12(10)13;2*1-3-4-6-9-7-5-8-10(13-2)11(9)12;1-11-7-4-2-3-6(5-10)8(7)9;1-5-2(3)4;;;;;;/h3-18H,2H2,1H3;3-17H,2,18H2,1H3;8-11H,4-7H2,1-3H3;6-8H,3-5H2,1-2H3;5,7-8H,3-4,6H2,1-2H3;4-8H,3H2,1-2H3;2-5H,1H3;2H,1H3;5*1H;/q;+1;;;;;;;;;;;;+4/p-5/b;;11-9+;;;6-4+;;;;;;;;. The second-order valence-corrected chi connectivity index (χ2v) is 50.8. The monoisotopic (exact) mass is 2040 g/mol. The van der Waals surface area contributed by atoms with Gasteiger partial charge in [0.1, 0.15) is 29.5 Å². The molecule has 0 bridgehead atoms. The van der Waals surface area contributed by atoms with Gasteiger partial charge in [0.25, 0.3) is 0 Å². The van der Waals surface area contributed by atoms with Crippen LogP contribution in [0, 0.1) is 29.1 Å². The van der Waals surface area contributed by atoms with Gasteiger partial charge in [0.2, 0.25) is 5.02 Å². The fourth-order valence-corrected chi connectivity index (χ4v) is 20.7. The van der Waals surface area contributed by atoms with Crippen LogP contribution in [0.5, 0.6) is 28.7 Å². The Morgan fingerprint density at radius 3 is 1.07 bits per heavy atom. The summed E-state index contributed by atoms with van der Waals surface area (Å²) in [5.74, 6) is 0.381. The number of aryl methyl sites for hydroxylation is 1. The molecule has 700 valence electrons. The van der Waals surface area contributed by atoms with Crippen LogP contribution in [0.2, 0.25) is 0 Å². The molecule has 0 N–H and O–H groups in total. The molecule has 11 rings (SSSR count). The Morgan fingerprint density at radius 1 is 0.385 bits per heavy atom. The molecule has 0 heterocycles. The van der Waals surface area contributed by atoms with Gasteiger partial charge in [-0.05, 0) is 190 Å². The minimum absolute atomic E-state index is 0. The van der Waals surface area contributed by atoms with Crippen LogP contribution in [0.25, 0.3) is 12.2 Å². The number of hydrogen-bond acceptors (Lipinski definition) is 12. The van der Waals surface area contributed by atoms with E-state index in [1.165, 1.54) is 95.4 Å². The molecular formula is C103H118BrCl6F5O12P2Ti. The fourth-order valence-electron chi connectivity index (χ4n) is 12.7. The van der Waals surface area contributed by atoms with Crippen molar-refractivity contribution in [2.75, 3.05) is 62.0 Å². The third-order valence-electron chi connectivity index (χ3n) is 18.9. The molecule has 0 amide bonds. The molecule has 11 aromatic rings. The van der Waals surface area contributed by atoms with Gasteiger partial charge in [0.15, 0.2) is 64.1 Å². The third kappa shape index (κ3) is 40.5. The summed E-state index contributed by atoms with van der Waals surface area (Å²) in [5.41, 5.74) is 3.48. The van der Waals surface area contributed by atoms with Crippen molar-refractivity contribution >= 4 is 149 Å². The van der Waals surface area contributed by atoms with Crippen LogP contribution in [0.1, 0.15) is 148 Å². The van der Waals surface area contributed by atoms with Crippen LogP contribution < -0.4 is 72.5 Å². The maximum absolute atomic E-state index is 14.3. The second kappa shape index (κ2) is 67.6. The van der Waals surface area contributed by atoms with Crippen molar-refractivity contribution in [2.45, 2.75) is 124 Å². The molecule has 0 saturated carbocycles. The summed E-state index contributed by atoms with van der Waals surface area (Å²) in [7, 11) is 27.1. The predicted molar refractivity (Wildman–Crippen MR) is 530 cm³/mol. The van der Waals surface area contributed by atoms with Crippen molar-refractivity contribution < 1.29 is 108 Å². The summed E-state index contributed by atoms with van der Waals surface area (Å²) in [5, 5.41) is 7.19. The van der Waals surface area contributed by atoms with E-state index in [2.05, 4.69) is 151 Å². The fraction of sp³-hybridized carbons (Fsp3) is 0.272. The van der Waals surface area contributed by atoms with Crippen LogP contribution in [-0.2, 0) is 55.4 Å². The average Bonchev–Trinajstić information content (AvgIpc) is 0.757. The first-order chi connectivity index (χ1) is 62.2. The van der Waals surface area contributed by atoms with Gasteiger partial charge in [0.05, 0.1) is 60.5 Å². The van der Waals surface area contributed by atoms with Crippen LogP contribution >= 0.6 is 74.6 Å². The van der Waals surface area contributed by atoms with Gasteiger partial charge in [0, 0.05) is 35.7 Å². The molecule has 0 aliphatic heterocycles. The van der Waals surface area contributed by atoms with E-state index in [4.69, 9.17) is 88.8 Å². The molecular weight excluding hydrogens is 1930 g/mol. The summed E-state index contributed by atoms with van der Waals surface area (Å²) in [6, 6.07) is 85.2. The van der Waals surface area contributed by atoms with E-state index in [1.54, 1.807) is 73.4 Å². The van der Waals surface area contributed by atoms with Gasteiger partial charge >= 0.3 is 61.5 Å². The SMILES string of the molecule is CC/C=C/c1cccc(OC)c1F.CCCCc1c(/C=C/C(=O)OCC)ccc(OC)c1F.CCCCc1c(C=O)ccc(OC)c1F.CCCCc1cccc(OC)c1F.CCC[P+](c1ccccc1)(c1ccccc1)c1ccccc1.CCOC(=O)C=P(c1ccccc1)(c1ccccc1)c1ccccc1.COC(Cl)Cl.COc1cccc(C=O)c1F.[Br-].[Cl][Ti]([Cl])([Cl])[Cl]. The van der Waals surface area contributed by atoms with Crippen molar-refractivity contribution in [3.8, 4) is 28.7 Å². The molecule has 0 unspecified atom stereocenters. The van der Waals surface area contributed by atoms with Gasteiger partial charge in [-0.25, -0.2) is 31.5 Å². The van der Waals surface area contributed by atoms with Gasteiger partial charge in [-0.15, -0.1) is 0 Å². The van der Waals surface area contributed by atoms with E-state index < -0.39 is 49.1 Å². The van der Waals surface area contributed by atoms with Gasteiger partial charge in [-0.1, -0.05) is 271 Å². The number of alkyl halides is 2. The number of allylic oxidation sites excluding steroid dienone is 1. The first kappa shape index (κ1) is 118. The second-order valence-electron chi connectivity index (χ2n) is 27.5. The molecule has 0 atom stereocenters. The van der Waals surface area contributed by atoms with E-state index in [0.29, 0.717) is 77.9 Å². The van der Waals surface area contributed by atoms with Gasteiger partial charge in [-0.2, -0.15) is 0 Å². The Bertz CT molecular complexity index is 4950. The molecule has 0 aromatic heterocycles. The number of unbranched alkanes of at least 4 members (excludes halogenated alkanes) is 3. The topological polar surface area (TPSA) is 142 Å². The van der Waals surface area contributed by atoms with Crippen molar-refractivity contribution in [3.05, 3.63) is 341 Å². The van der Waals surface area contributed by atoms with E-state index in [1.807, 2.05) is 101 Å². The molecule has 27 heteroatoms. The molecule has 0 radical (unpaired) electrons. The number of ether oxygens (including phenoxy) is 8. The quantitative estimate of drug-likeness (QED) is 0.00753. The molecule has 12 nitrogen and oxygen atoms in total. The number of carbonyl (C=O) groups is 4. The Hall–Kier alpha value is -8.55. The van der Waals surface area contributed by atoms with E-state index in [-0.39, 0.29) is 63.2 Å². The molecule has 0 aliphatic carbocycles. The zero-order valence-corrected chi connectivity index (χ0v) is 85.1. The van der Waals surface area contributed by atoms with Crippen molar-refractivity contribution in [3.63, 3.8) is 0 Å². The van der Waals surface area contributed by atoms with E-state index in [0.717, 1.165) is 72.8 Å². The minimum atomic E-state index is -3.11. The Labute approximate surface area is 806 Å². The average molecular weight is 2050 g/mol. The van der Waals surface area contributed by atoms with E-state index in [9.17, 15) is 41.1 Å². The molecule has 0 saturated heterocycles. The van der Waals surface area contributed by atoms with Crippen LogP contribution in [0.3, 0.4) is 0 Å². The zero-order chi connectivity index (χ0) is 95.4. The number of esters is 2. The van der Waals surface area contributed by atoms with Crippen LogP contribution in [0.15, 0.2) is 273 Å². The summed E-state index contributed by atoms with van der Waals surface area (Å²) in [6.45, 7) is 12.5. The summed E-state index contributed by atoms with van der Waals surface area (Å²) >= 11 is 6.90. The predicted octanol–water partition coefficient (Wildman–Crippen LogP) is 23.7. The van der Waals surface area contributed by atoms with Gasteiger partial charge in [-0.3, -0.25) is 9.59 Å². The normalized spacial score (nSPS) is 10.5. The third-order valence-corrected chi connectivity index (χ3v) is 27.8. The molecule has 0 spiro atoms. The Balaban J connectivity index is 0.000000511. The number of methoxy groups -OCH3 is 6. The molecule has 0 aliphatic rings. The zero-order valence-electron chi connectivity index (χ0n) is 75.7. The number of rotatable bonds is 32. The van der Waals surface area contributed by atoms with Crippen molar-refractivity contribution in [1.82, 2.24) is 0 Å². The summed E-state index contributed by atoms with van der Waals surface area (Å²) < 4.78 is 106. The van der Waals surface area contributed by atoms with Crippen molar-refractivity contribution in [1.29, 1.82) is 0 Å². The Morgan fingerprint density at radius 2 is 0.715 bits per heavy atom. The number of carbonyl (C=O) groups excluding carboxylic acids is 4. The maximum atomic E-state index is 14.3. The summed E-state index contributed by atoms with van der Waals surface area (Å²) in [6.07, 6.45) is 18.8. The van der Waals surface area contributed by atoms with Gasteiger partial charge < -0.3 is 54.9 Å². The number of aldehydes is 2. The molecule has 11 aromatic carbocycles. The van der Waals surface area contributed by atoms with Crippen LogP contribution in [0.4, 0.5) is 22.0 Å². The molecule has 0 fully saturated rings. The van der Waals surface area contributed by atoms with Crippen LogP contribution in [-0.4, -0.2) is 97.4 Å². The number of halogens is 12. The summed E-state index contributed by atoms with van der Waals surface area (Å²) in [4.78, 5) is 44.8. The van der Waals surface area contributed by atoms with Crippen molar-refractivity contribution in [2.24, 2.45) is 0 Å². The first-order valence-electron chi connectivity index (χ1n) is 42.0.